The fraction of sp³-hybridized carbons (Fsp3) is 0.286. The number of halogens is 3. The number of aryl methyl sites for hydroxylation is 2. The van der Waals surface area contributed by atoms with Gasteiger partial charge in [-0.25, -0.2) is 8.42 Å². The minimum atomic E-state index is -5.01. The highest BCUT2D eigenvalue weighted by atomic mass is 32.2. The lowest BCUT2D eigenvalue weighted by Crippen LogP contribution is -2.34. The predicted octanol–water partition coefficient (Wildman–Crippen LogP) is 1.85. The molecule has 1 atom stereocenters. The number of carboxylic acid groups (broad SMARTS) is 1. The van der Waals surface area contributed by atoms with Crippen LogP contribution in [0.3, 0.4) is 0 Å². The fourth-order valence-corrected chi connectivity index (χ4v) is 3.57. The quantitative estimate of drug-likeness (QED) is 0.828. The van der Waals surface area contributed by atoms with E-state index in [1.165, 1.54) is 18.2 Å². The van der Waals surface area contributed by atoms with Crippen LogP contribution in [0.25, 0.3) is 0 Å². The molecule has 0 amide bonds. The van der Waals surface area contributed by atoms with Gasteiger partial charge in [0.25, 0.3) is 0 Å². The largest absolute Gasteiger partial charge is 0.480 e. The van der Waals surface area contributed by atoms with Crippen LogP contribution in [0.15, 0.2) is 35.4 Å². The van der Waals surface area contributed by atoms with Crippen molar-refractivity contribution in [2.75, 3.05) is 0 Å². The van der Waals surface area contributed by atoms with E-state index in [1.54, 1.807) is 17.7 Å². The molecule has 1 aromatic carbocycles. The van der Waals surface area contributed by atoms with E-state index in [2.05, 4.69) is 5.10 Å². The lowest BCUT2D eigenvalue weighted by molar-refractivity contribution is -0.143. The van der Waals surface area contributed by atoms with Crippen LogP contribution >= 0.6 is 0 Å². The van der Waals surface area contributed by atoms with Crippen LogP contribution in [0.1, 0.15) is 22.9 Å². The number of hydrogen-bond acceptors (Lipinski definition) is 4. The lowest BCUT2D eigenvalue weighted by atomic mass is 10.1. The molecule has 2 N–H and O–H groups in total. The van der Waals surface area contributed by atoms with Gasteiger partial charge in [-0.15, -0.1) is 0 Å². The van der Waals surface area contributed by atoms with Gasteiger partial charge in [0.2, 0.25) is 10.0 Å². The van der Waals surface area contributed by atoms with Crippen LogP contribution in [0.2, 0.25) is 0 Å². The highest BCUT2D eigenvalue weighted by Gasteiger charge is 2.42. The molecule has 1 unspecified atom stereocenters. The molecule has 0 aliphatic rings. The molecule has 136 valence electrons. The van der Waals surface area contributed by atoms with Gasteiger partial charge in [0.1, 0.15) is 10.9 Å². The van der Waals surface area contributed by atoms with Gasteiger partial charge in [-0.3, -0.25) is 9.48 Å². The Morgan fingerprint density at radius 1 is 1.36 bits per heavy atom. The molecule has 1 aromatic heterocycles. The second-order valence-electron chi connectivity index (χ2n) is 5.32. The van der Waals surface area contributed by atoms with Gasteiger partial charge < -0.3 is 5.11 Å². The highest BCUT2D eigenvalue weighted by Crippen LogP contribution is 2.33. The van der Waals surface area contributed by atoms with Gasteiger partial charge in [0.15, 0.2) is 5.69 Å². The molecular weight excluding hydrogens is 363 g/mol. The van der Waals surface area contributed by atoms with Gasteiger partial charge in [-0.05, 0) is 12.5 Å². The standard InChI is InChI=1S/C14H14F3N3O4S/c1-8-4-3-5-9(6-8)11(13(21)22)19-25(23,24)10-7-20(2)18-12(10)14(15,16)17/h3-7,11,19H,1-2H3,(H,21,22). The summed E-state index contributed by atoms with van der Waals surface area (Å²) < 4.78 is 66.1. The Morgan fingerprint density at radius 3 is 2.52 bits per heavy atom. The minimum absolute atomic E-state index is 0.0912. The Bertz CT molecular complexity index is 906. The molecule has 25 heavy (non-hydrogen) atoms. The molecule has 2 rings (SSSR count). The van der Waals surface area contributed by atoms with E-state index in [1.807, 2.05) is 0 Å². The number of carboxylic acids is 1. The monoisotopic (exact) mass is 377 g/mol. The third kappa shape index (κ3) is 4.17. The van der Waals surface area contributed by atoms with Crippen molar-refractivity contribution in [3.8, 4) is 0 Å². The molecule has 0 aliphatic carbocycles. The number of rotatable bonds is 5. The Kier molecular flexibility index (Phi) is 4.91. The molecule has 0 saturated carbocycles. The van der Waals surface area contributed by atoms with E-state index in [4.69, 9.17) is 0 Å². The first kappa shape index (κ1) is 18.9. The smallest absolute Gasteiger partial charge is 0.436 e. The Morgan fingerprint density at radius 2 is 2.00 bits per heavy atom. The first-order valence-corrected chi connectivity index (χ1v) is 8.32. The molecule has 11 heteroatoms. The molecular formula is C14H14F3N3O4S. The van der Waals surface area contributed by atoms with Gasteiger partial charge in [-0.1, -0.05) is 29.8 Å². The van der Waals surface area contributed by atoms with Crippen molar-refractivity contribution in [3.05, 3.63) is 47.3 Å². The Balaban J connectivity index is 2.48. The van der Waals surface area contributed by atoms with Crippen molar-refractivity contribution < 1.29 is 31.5 Å². The van der Waals surface area contributed by atoms with Crippen molar-refractivity contribution in [2.45, 2.75) is 24.0 Å². The third-order valence-corrected chi connectivity index (χ3v) is 4.67. The first-order valence-electron chi connectivity index (χ1n) is 6.84. The van der Waals surface area contributed by atoms with Crippen molar-refractivity contribution in [1.82, 2.24) is 14.5 Å². The number of nitrogens with one attached hydrogen (secondary N) is 1. The summed E-state index contributed by atoms with van der Waals surface area (Å²) in [6.07, 6.45) is -4.34. The average molecular weight is 377 g/mol. The molecule has 0 radical (unpaired) electrons. The van der Waals surface area contributed by atoms with Gasteiger partial charge in [-0.2, -0.15) is 23.0 Å². The van der Waals surface area contributed by atoms with Gasteiger partial charge in [0, 0.05) is 13.2 Å². The molecule has 0 aliphatic heterocycles. The topological polar surface area (TPSA) is 101 Å². The minimum Gasteiger partial charge on any atom is -0.480 e. The number of carbonyl (C=O) groups is 1. The van der Waals surface area contributed by atoms with E-state index in [0.29, 0.717) is 16.4 Å². The van der Waals surface area contributed by atoms with Crippen molar-refractivity contribution in [3.63, 3.8) is 0 Å². The maximum absolute atomic E-state index is 13.0. The van der Waals surface area contributed by atoms with E-state index < -0.39 is 38.8 Å². The summed E-state index contributed by atoms with van der Waals surface area (Å²) in [5, 5.41) is 12.4. The van der Waals surface area contributed by atoms with Crippen LogP contribution in [-0.4, -0.2) is 29.3 Å². The second-order valence-corrected chi connectivity index (χ2v) is 7.00. The summed E-state index contributed by atoms with van der Waals surface area (Å²) in [7, 11) is -3.66. The van der Waals surface area contributed by atoms with E-state index in [-0.39, 0.29) is 5.56 Å². The molecule has 0 spiro atoms. The number of benzene rings is 1. The molecule has 0 fully saturated rings. The SMILES string of the molecule is Cc1cccc(C(NS(=O)(=O)c2cn(C)nc2C(F)(F)F)C(=O)O)c1. The van der Waals surface area contributed by atoms with Crippen LogP contribution < -0.4 is 4.72 Å². The molecule has 2 aromatic rings. The zero-order valence-electron chi connectivity index (χ0n) is 13.1. The third-order valence-electron chi connectivity index (χ3n) is 3.25. The molecule has 7 nitrogen and oxygen atoms in total. The van der Waals surface area contributed by atoms with E-state index >= 15 is 0 Å². The number of sulfonamides is 1. The number of aliphatic carboxylic acids is 1. The number of aromatic nitrogens is 2. The summed E-state index contributed by atoms with van der Waals surface area (Å²) in [5.41, 5.74) is -0.857. The average Bonchev–Trinajstić information content (AvgIpc) is 2.88. The Hall–Kier alpha value is -2.40. The predicted molar refractivity (Wildman–Crippen MR) is 80.1 cm³/mol. The first-order chi connectivity index (χ1) is 11.4. The summed E-state index contributed by atoms with van der Waals surface area (Å²) in [6.45, 7) is 1.67. The summed E-state index contributed by atoms with van der Waals surface area (Å²) >= 11 is 0. The summed E-state index contributed by atoms with van der Waals surface area (Å²) in [6, 6.07) is 4.23. The number of alkyl halides is 3. The highest BCUT2D eigenvalue weighted by molar-refractivity contribution is 7.89. The van der Waals surface area contributed by atoms with E-state index in [9.17, 15) is 31.5 Å². The summed E-state index contributed by atoms with van der Waals surface area (Å²) in [5.74, 6) is -1.55. The molecule has 0 bridgehead atoms. The number of hydrogen-bond donors (Lipinski definition) is 2. The van der Waals surface area contributed by atoms with Crippen LogP contribution in [0, 0.1) is 6.92 Å². The molecule has 1 heterocycles. The number of nitrogens with zero attached hydrogens (tertiary/aromatic N) is 2. The van der Waals surface area contributed by atoms with E-state index in [0.717, 1.165) is 7.05 Å². The maximum atomic E-state index is 13.0. The van der Waals surface area contributed by atoms with Gasteiger partial charge in [0.05, 0.1) is 0 Å². The van der Waals surface area contributed by atoms with Gasteiger partial charge >= 0.3 is 12.1 Å². The van der Waals surface area contributed by atoms with Crippen LogP contribution in [0.4, 0.5) is 13.2 Å². The zero-order chi connectivity index (χ0) is 19.0. The molecule has 0 saturated heterocycles. The normalized spacial score (nSPS) is 13.6. The van der Waals surface area contributed by atoms with Crippen LogP contribution in [-0.2, 0) is 28.0 Å². The zero-order valence-corrected chi connectivity index (χ0v) is 13.9. The maximum Gasteiger partial charge on any atom is 0.436 e. The van der Waals surface area contributed by atoms with Crippen molar-refractivity contribution in [2.24, 2.45) is 7.05 Å². The summed E-state index contributed by atoms with van der Waals surface area (Å²) in [4.78, 5) is 10.3. The van der Waals surface area contributed by atoms with Crippen molar-refractivity contribution in [1.29, 1.82) is 0 Å². The van der Waals surface area contributed by atoms with Crippen molar-refractivity contribution >= 4 is 16.0 Å². The fourth-order valence-electron chi connectivity index (χ4n) is 2.19. The second kappa shape index (κ2) is 6.48. The Labute approximate surface area is 141 Å². The van der Waals surface area contributed by atoms with Crippen LogP contribution in [0.5, 0.6) is 0 Å². The lowest BCUT2D eigenvalue weighted by Gasteiger charge is -2.16.